The van der Waals surface area contributed by atoms with Crippen LogP contribution >= 0.6 is 15.9 Å². The average molecular weight is 440 g/mol. The molecular weight excluding hydrogens is 410 g/mol. The van der Waals surface area contributed by atoms with Gasteiger partial charge in [-0.15, -0.1) is 0 Å². The maximum Gasteiger partial charge on any atom is 0.145 e. The molecule has 0 heterocycles. The summed E-state index contributed by atoms with van der Waals surface area (Å²) in [5, 5.41) is 0. The first-order valence-electron chi connectivity index (χ1n) is 9.53. The van der Waals surface area contributed by atoms with Crippen LogP contribution in [-0.2, 0) is 22.1 Å². The molecule has 1 saturated carbocycles. The number of ether oxygens (including phenoxy) is 1. The van der Waals surface area contributed by atoms with E-state index in [1.54, 1.807) is 0 Å². The Hall–Kier alpha value is -0.520. The molecule has 0 radical (unpaired) electrons. The SMILES string of the molecule is CC[C@@H]1C[C@]2(CC[C@H]1OC)Cc1ccc(Br)cc1/C2=N/[S@](=O)C(C)(C)C. The molecule has 26 heavy (non-hydrogen) atoms. The van der Waals surface area contributed by atoms with Gasteiger partial charge in [-0.05, 0) is 70.1 Å². The number of methoxy groups -OCH3 is 1. The van der Waals surface area contributed by atoms with Crippen molar-refractivity contribution in [1.29, 1.82) is 0 Å². The smallest absolute Gasteiger partial charge is 0.145 e. The topological polar surface area (TPSA) is 38.7 Å². The van der Waals surface area contributed by atoms with Crippen LogP contribution in [0.1, 0.15) is 64.5 Å². The molecule has 4 atom stereocenters. The predicted molar refractivity (Wildman–Crippen MR) is 113 cm³/mol. The quantitative estimate of drug-likeness (QED) is 0.625. The lowest BCUT2D eigenvalue weighted by Gasteiger charge is -2.42. The first-order valence-corrected chi connectivity index (χ1v) is 11.4. The third-order valence-electron chi connectivity index (χ3n) is 5.97. The van der Waals surface area contributed by atoms with E-state index in [-0.39, 0.29) is 10.2 Å². The number of nitrogens with zero attached hydrogens (tertiary/aromatic N) is 1. The Labute approximate surface area is 168 Å². The lowest BCUT2D eigenvalue weighted by Crippen LogP contribution is -2.41. The van der Waals surface area contributed by atoms with Gasteiger partial charge < -0.3 is 4.74 Å². The van der Waals surface area contributed by atoms with E-state index < -0.39 is 11.0 Å². The highest BCUT2D eigenvalue weighted by molar-refractivity contribution is 9.10. The molecule has 0 aliphatic heterocycles. The van der Waals surface area contributed by atoms with E-state index in [2.05, 4.69) is 41.1 Å². The number of benzene rings is 1. The fourth-order valence-electron chi connectivity index (χ4n) is 4.51. The average Bonchev–Trinajstić information content (AvgIpc) is 2.86. The number of rotatable bonds is 3. The minimum atomic E-state index is -1.25. The normalized spacial score (nSPS) is 31.4. The van der Waals surface area contributed by atoms with Gasteiger partial charge in [-0.2, -0.15) is 4.40 Å². The minimum absolute atomic E-state index is 0.000255. The standard InChI is InChI=1S/C21H30BrNO2S/c1-6-14-12-21(10-9-18(14)25-5)13-15-7-8-16(22)11-17(15)19(21)23-26(24)20(2,3)4/h7-8,11,14,18H,6,9-10,12-13H2,1-5H3/b23-19-/t14-,18-,21-,26-/m1/s1. The van der Waals surface area contributed by atoms with Crippen molar-refractivity contribution in [3.63, 3.8) is 0 Å². The van der Waals surface area contributed by atoms with E-state index in [0.29, 0.717) is 12.0 Å². The Morgan fingerprint density at radius 2 is 2.12 bits per heavy atom. The van der Waals surface area contributed by atoms with Crippen molar-refractivity contribution in [3.8, 4) is 0 Å². The van der Waals surface area contributed by atoms with E-state index in [1.165, 1.54) is 11.1 Å². The molecule has 2 aliphatic rings. The van der Waals surface area contributed by atoms with Crippen molar-refractivity contribution in [1.82, 2.24) is 0 Å². The molecule has 0 N–H and O–H groups in total. The van der Waals surface area contributed by atoms with Crippen molar-refractivity contribution in [3.05, 3.63) is 33.8 Å². The maximum atomic E-state index is 12.9. The maximum absolute atomic E-state index is 12.9. The van der Waals surface area contributed by atoms with Crippen LogP contribution in [0.2, 0.25) is 0 Å². The summed E-state index contributed by atoms with van der Waals surface area (Å²) in [6.45, 7) is 8.23. The van der Waals surface area contributed by atoms with Gasteiger partial charge in [-0.25, -0.2) is 4.21 Å². The third-order valence-corrected chi connectivity index (χ3v) is 7.86. The summed E-state index contributed by atoms with van der Waals surface area (Å²) in [5.74, 6) is 0.528. The zero-order valence-corrected chi connectivity index (χ0v) is 18.9. The fraction of sp³-hybridized carbons (Fsp3) is 0.667. The predicted octanol–water partition coefficient (Wildman–Crippen LogP) is 5.47. The molecule has 1 aromatic rings. The lowest BCUT2D eigenvalue weighted by atomic mass is 9.65. The van der Waals surface area contributed by atoms with Crippen LogP contribution in [0.5, 0.6) is 0 Å². The van der Waals surface area contributed by atoms with E-state index >= 15 is 0 Å². The summed E-state index contributed by atoms with van der Waals surface area (Å²) in [6, 6.07) is 6.47. The largest absolute Gasteiger partial charge is 0.381 e. The van der Waals surface area contributed by atoms with Crippen molar-refractivity contribution in [2.24, 2.45) is 15.7 Å². The molecule has 3 rings (SSSR count). The van der Waals surface area contributed by atoms with Crippen molar-refractivity contribution in [2.45, 2.75) is 70.7 Å². The zero-order valence-electron chi connectivity index (χ0n) is 16.5. The van der Waals surface area contributed by atoms with E-state index in [9.17, 15) is 4.21 Å². The molecule has 0 aromatic heterocycles. The molecule has 0 unspecified atom stereocenters. The monoisotopic (exact) mass is 439 g/mol. The van der Waals surface area contributed by atoms with Crippen LogP contribution < -0.4 is 0 Å². The highest BCUT2D eigenvalue weighted by Gasteiger charge is 2.49. The molecule has 1 spiro atoms. The van der Waals surface area contributed by atoms with Crippen LogP contribution in [0.15, 0.2) is 27.1 Å². The summed E-state index contributed by atoms with van der Waals surface area (Å²) in [7, 11) is 0.578. The lowest BCUT2D eigenvalue weighted by molar-refractivity contribution is -0.00383. The van der Waals surface area contributed by atoms with Crippen LogP contribution in [0.25, 0.3) is 0 Å². The van der Waals surface area contributed by atoms with Crippen LogP contribution in [0.4, 0.5) is 0 Å². The van der Waals surface area contributed by atoms with E-state index in [1.807, 2.05) is 27.9 Å². The fourth-order valence-corrected chi connectivity index (χ4v) is 5.60. The van der Waals surface area contributed by atoms with Gasteiger partial charge in [0.15, 0.2) is 0 Å². The van der Waals surface area contributed by atoms with Gasteiger partial charge >= 0.3 is 0 Å². The van der Waals surface area contributed by atoms with Gasteiger partial charge in [0.2, 0.25) is 0 Å². The number of fused-ring (bicyclic) bond motifs is 1. The number of hydrogen-bond acceptors (Lipinski definition) is 2. The van der Waals surface area contributed by atoms with Crippen molar-refractivity contribution >= 4 is 32.6 Å². The van der Waals surface area contributed by atoms with E-state index in [0.717, 1.165) is 42.3 Å². The highest BCUT2D eigenvalue weighted by atomic mass is 79.9. The van der Waals surface area contributed by atoms with Gasteiger partial charge in [0, 0.05) is 22.6 Å². The van der Waals surface area contributed by atoms with Crippen molar-refractivity contribution < 1.29 is 8.95 Å². The second-order valence-corrected chi connectivity index (χ2v) is 11.6. The molecular formula is C21H30BrNO2S. The second-order valence-electron chi connectivity index (χ2n) is 8.75. The Morgan fingerprint density at radius 1 is 1.38 bits per heavy atom. The summed E-state index contributed by atoms with van der Waals surface area (Å²) in [6.07, 6.45) is 5.60. The van der Waals surface area contributed by atoms with Gasteiger partial charge in [-0.1, -0.05) is 35.3 Å². The summed E-state index contributed by atoms with van der Waals surface area (Å²) in [4.78, 5) is 0. The molecule has 3 nitrogen and oxygen atoms in total. The first-order chi connectivity index (χ1) is 12.2. The van der Waals surface area contributed by atoms with Crippen molar-refractivity contribution in [2.75, 3.05) is 7.11 Å². The minimum Gasteiger partial charge on any atom is -0.381 e. The molecule has 0 bridgehead atoms. The zero-order chi connectivity index (χ0) is 19.1. The Bertz CT molecular complexity index is 740. The van der Waals surface area contributed by atoms with Gasteiger partial charge in [0.05, 0.1) is 16.6 Å². The Kier molecular flexibility index (Phi) is 5.82. The number of hydrogen-bond donors (Lipinski definition) is 0. The summed E-state index contributed by atoms with van der Waals surface area (Å²) < 4.78 is 24.2. The molecule has 144 valence electrons. The summed E-state index contributed by atoms with van der Waals surface area (Å²) >= 11 is 3.61. The molecule has 0 saturated heterocycles. The highest BCUT2D eigenvalue weighted by Crippen LogP contribution is 2.51. The van der Waals surface area contributed by atoms with Crippen LogP contribution in [0.3, 0.4) is 0 Å². The van der Waals surface area contributed by atoms with E-state index in [4.69, 9.17) is 9.13 Å². The Morgan fingerprint density at radius 3 is 2.73 bits per heavy atom. The first kappa shape index (κ1) is 20.2. The Balaban J connectivity index is 2.07. The number of halogens is 1. The van der Waals surface area contributed by atoms with Crippen LogP contribution in [-0.4, -0.2) is 27.9 Å². The molecule has 1 fully saturated rings. The second kappa shape index (κ2) is 7.48. The molecule has 2 aliphatic carbocycles. The molecule has 1 aromatic carbocycles. The molecule has 0 amide bonds. The van der Waals surface area contributed by atoms with Crippen LogP contribution in [0, 0.1) is 11.3 Å². The van der Waals surface area contributed by atoms with Gasteiger partial charge in [0.25, 0.3) is 0 Å². The molecule has 5 heteroatoms. The van der Waals surface area contributed by atoms with Gasteiger partial charge in [0.1, 0.15) is 11.0 Å². The summed E-state index contributed by atoms with van der Waals surface area (Å²) in [5.41, 5.74) is 3.58. The van der Waals surface area contributed by atoms with Gasteiger partial charge in [-0.3, -0.25) is 0 Å². The third kappa shape index (κ3) is 3.72.